The molecule has 0 aromatic heterocycles. The van der Waals surface area contributed by atoms with Gasteiger partial charge in [0.2, 0.25) is 0 Å². The Kier molecular flexibility index (Phi) is 3.69. The van der Waals surface area contributed by atoms with E-state index < -0.39 is 4.92 Å². The maximum Gasteiger partial charge on any atom is 0.270 e. The number of ether oxygens (including phenoxy) is 1. The van der Waals surface area contributed by atoms with Gasteiger partial charge in [-0.15, -0.1) is 0 Å². The first kappa shape index (κ1) is 13.8. The van der Waals surface area contributed by atoms with Crippen molar-refractivity contribution in [2.24, 2.45) is 0 Å². The number of benzene rings is 1. The molecule has 108 valence electrons. The Morgan fingerprint density at radius 3 is 2.55 bits per heavy atom. The van der Waals surface area contributed by atoms with E-state index in [0.717, 1.165) is 12.8 Å². The van der Waals surface area contributed by atoms with Crippen molar-refractivity contribution in [2.75, 3.05) is 7.05 Å². The first-order chi connectivity index (χ1) is 9.54. The average Bonchev–Trinajstić information content (AvgIpc) is 2.64. The fourth-order valence-electron chi connectivity index (χ4n) is 3.34. The fraction of sp³-hybridized carbons (Fsp3) is 0.571. The summed E-state index contributed by atoms with van der Waals surface area (Å²) < 4.78 is 6.70. The molecule has 2 aliphatic rings. The van der Waals surface area contributed by atoms with Gasteiger partial charge in [-0.2, -0.15) is 0 Å². The van der Waals surface area contributed by atoms with E-state index in [2.05, 4.69) is 27.9 Å². The van der Waals surface area contributed by atoms with E-state index in [0.29, 0.717) is 22.3 Å². The van der Waals surface area contributed by atoms with E-state index in [1.165, 1.54) is 25.0 Å². The molecule has 2 bridgehead atoms. The van der Waals surface area contributed by atoms with Gasteiger partial charge >= 0.3 is 0 Å². The summed E-state index contributed by atoms with van der Waals surface area (Å²) >= 11 is 3.36. The van der Waals surface area contributed by atoms with Crippen molar-refractivity contribution < 1.29 is 9.66 Å². The number of nitro benzene ring substituents is 1. The van der Waals surface area contributed by atoms with Crippen LogP contribution in [0.4, 0.5) is 5.69 Å². The lowest BCUT2D eigenvalue weighted by Gasteiger charge is -2.36. The van der Waals surface area contributed by atoms with Crippen molar-refractivity contribution >= 4 is 21.6 Å². The molecule has 3 atom stereocenters. The lowest BCUT2D eigenvalue weighted by atomic mass is 10.0. The lowest BCUT2D eigenvalue weighted by molar-refractivity contribution is -0.385. The minimum Gasteiger partial charge on any atom is -0.489 e. The van der Waals surface area contributed by atoms with Crippen LogP contribution in [0.15, 0.2) is 22.7 Å². The Morgan fingerprint density at radius 1 is 1.35 bits per heavy atom. The second kappa shape index (κ2) is 5.33. The Bertz CT molecular complexity index is 523. The average molecular weight is 341 g/mol. The summed E-state index contributed by atoms with van der Waals surface area (Å²) in [5, 5.41) is 10.7. The molecule has 0 N–H and O–H groups in total. The predicted molar refractivity (Wildman–Crippen MR) is 79.0 cm³/mol. The standard InChI is InChI=1S/C14H17BrN2O3/c1-16-9-2-3-10(16)7-12(6-9)20-14-5-4-11(17(18)19)8-13(14)15/h4-5,8-10,12H,2-3,6-7H2,1H3/t9-,10+,12?. The van der Waals surface area contributed by atoms with Gasteiger partial charge in [0, 0.05) is 24.2 Å². The van der Waals surface area contributed by atoms with Crippen LogP contribution < -0.4 is 4.74 Å². The Morgan fingerprint density at radius 2 is 2.00 bits per heavy atom. The van der Waals surface area contributed by atoms with Crippen LogP contribution in [0.25, 0.3) is 0 Å². The summed E-state index contributed by atoms with van der Waals surface area (Å²) in [7, 11) is 2.19. The third-order valence-electron chi connectivity index (χ3n) is 4.47. The van der Waals surface area contributed by atoms with Crippen LogP contribution in [-0.4, -0.2) is 35.1 Å². The number of fused-ring (bicyclic) bond motifs is 2. The summed E-state index contributed by atoms with van der Waals surface area (Å²) in [6.45, 7) is 0. The minimum atomic E-state index is -0.398. The van der Waals surface area contributed by atoms with Crippen LogP contribution in [0.2, 0.25) is 0 Å². The number of halogens is 1. The maximum absolute atomic E-state index is 10.7. The summed E-state index contributed by atoms with van der Waals surface area (Å²) in [6.07, 6.45) is 4.79. The van der Waals surface area contributed by atoms with Crippen LogP contribution in [0, 0.1) is 10.1 Å². The highest BCUT2D eigenvalue weighted by Gasteiger charge is 2.39. The molecule has 6 heteroatoms. The van der Waals surface area contributed by atoms with Gasteiger partial charge < -0.3 is 9.64 Å². The highest BCUT2D eigenvalue weighted by molar-refractivity contribution is 9.10. The zero-order chi connectivity index (χ0) is 14.3. The molecular formula is C14H17BrN2O3. The highest BCUT2D eigenvalue weighted by Crippen LogP contribution is 2.37. The molecule has 20 heavy (non-hydrogen) atoms. The van der Waals surface area contributed by atoms with E-state index in [9.17, 15) is 10.1 Å². The number of piperidine rings is 1. The number of nitro groups is 1. The second-order valence-electron chi connectivity index (χ2n) is 5.63. The Hall–Kier alpha value is -1.14. The summed E-state index contributed by atoms with van der Waals surface area (Å²) in [5.41, 5.74) is 0.0765. The Balaban J connectivity index is 1.71. The monoisotopic (exact) mass is 340 g/mol. The SMILES string of the molecule is CN1[C@@H]2CC[C@H]1CC(Oc1ccc([N+](=O)[O-])cc1Br)C2. The largest absolute Gasteiger partial charge is 0.489 e. The van der Waals surface area contributed by atoms with Crippen molar-refractivity contribution in [3.8, 4) is 5.75 Å². The van der Waals surface area contributed by atoms with Crippen molar-refractivity contribution in [3.05, 3.63) is 32.8 Å². The molecule has 1 aromatic rings. The molecule has 0 amide bonds. The number of non-ortho nitro benzene ring substituents is 1. The summed E-state index contributed by atoms with van der Waals surface area (Å²) in [6, 6.07) is 5.91. The molecule has 0 radical (unpaired) electrons. The number of hydrogen-bond donors (Lipinski definition) is 0. The zero-order valence-electron chi connectivity index (χ0n) is 11.3. The van der Waals surface area contributed by atoms with Crippen molar-refractivity contribution in [2.45, 2.75) is 43.9 Å². The minimum absolute atomic E-state index is 0.0765. The molecular weight excluding hydrogens is 324 g/mol. The van der Waals surface area contributed by atoms with Gasteiger partial charge in [0.15, 0.2) is 0 Å². The highest BCUT2D eigenvalue weighted by atomic mass is 79.9. The van der Waals surface area contributed by atoms with Crippen LogP contribution in [0.1, 0.15) is 25.7 Å². The molecule has 0 spiro atoms. The summed E-state index contributed by atoms with van der Waals surface area (Å²) in [4.78, 5) is 12.8. The molecule has 2 saturated heterocycles. The van der Waals surface area contributed by atoms with Crippen LogP contribution in [-0.2, 0) is 0 Å². The zero-order valence-corrected chi connectivity index (χ0v) is 12.9. The van der Waals surface area contributed by atoms with Gasteiger partial charge in [0.05, 0.1) is 9.40 Å². The molecule has 0 saturated carbocycles. The van der Waals surface area contributed by atoms with Crippen molar-refractivity contribution in [1.29, 1.82) is 0 Å². The van der Waals surface area contributed by atoms with Gasteiger partial charge in [-0.3, -0.25) is 10.1 Å². The van der Waals surface area contributed by atoms with Gasteiger partial charge in [-0.25, -0.2) is 0 Å². The lowest BCUT2D eigenvalue weighted by Crippen LogP contribution is -2.43. The van der Waals surface area contributed by atoms with Gasteiger partial charge in [-0.1, -0.05) is 0 Å². The smallest absolute Gasteiger partial charge is 0.270 e. The second-order valence-corrected chi connectivity index (χ2v) is 6.49. The number of hydrogen-bond acceptors (Lipinski definition) is 4. The van der Waals surface area contributed by atoms with Gasteiger partial charge in [0.1, 0.15) is 11.9 Å². The molecule has 1 aromatic carbocycles. The molecule has 1 unspecified atom stereocenters. The van der Waals surface area contributed by atoms with E-state index in [4.69, 9.17) is 4.74 Å². The van der Waals surface area contributed by atoms with Crippen LogP contribution >= 0.6 is 15.9 Å². The van der Waals surface area contributed by atoms with E-state index in [1.54, 1.807) is 6.07 Å². The van der Waals surface area contributed by atoms with E-state index in [1.807, 2.05) is 0 Å². The van der Waals surface area contributed by atoms with Gasteiger partial charge in [0.25, 0.3) is 5.69 Å². The Labute approximate surface area is 126 Å². The first-order valence-electron chi connectivity index (χ1n) is 6.87. The molecule has 2 fully saturated rings. The van der Waals surface area contributed by atoms with Gasteiger partial charge in [-0.05, 0) is 54.7 Å². The third kappa shape index (κ3) is 2.54. The molecule has 2 aliphatic heterocycles. The van der Waals surface area contributed by atoms with Crippen molar-refractivity contribution in [3.63, 3.8) is 0 Å². The summed E-state index contributed by atoms with van der Waals surface area (Å²) in [5.74, 6) is 0.699. The molecule has 5 nitrogen and oxygen atoms in total. The van der Waals surface area contributed by atoms with E-state index in [-0.39, 0.29) is 11.8 Å². The number of nitrogens with zero attached hydrogens (tertiary/aromatic N) is 2. The third-order valence-corrected chi connectivity index (χ3v) is 5.09. The first-order valence-corrected chi connectivity index (χ1v) is 7.66. The topological polar surface area (TPSA) is 55.6 Å². The fourth-order valence-corrected chi connectivity index (χ4v) is 3.80. The van der Waals surface area contributed by atoms with Crippen LogP contribution in [0.3, 0.4) is 0 Å². The molecule has 0 aliphatic carbocycles. The molecule has 2 heterocycles. The predicted octanol–water partition coefficient (Wildman–Crippen LogP) is 3.36. The quantitative estimate of drug-likeness (QED) is 0.625. The van der Waals surface area contributed by atoms with Crippen molar-refractivity contribution in [1.82, 2.24) is 4.90 Å². The number of rotatable bonds is 3. The molecule has 3 rings (SSSR count). The van der Waals surface area contributed by atoms with Crippen LogP contribution in [0.5, 0.6) is 5.75 Å². The normalized spacial score (nSPS) is 29.4. The maximum atomic E-state index is 10.7. The van der Waals surface area contributed by atoms with E-state index >= 15 is 0 Å².